The fourth-order valence-corrected chi connectivity index (χ4v) is 5.47. The molecular weight excluding hydrogens is 360 g/mol. The van der Waals surface area contributed by atoms with Gasteiger partial charge in [0.1, 0.15) is 4.21 Å². The maximum Gasteiger partial charge on any atom is 0.252 e. The molecule has 1 aliphatic rings. The molecule has 0 spiro atoms. The molecule has 23 heavy (non-hydrogen) atoms. The lowest BCUT2D eigenvalue weighted by Gasteiger charge is -2.33. The smallest absolute Gasteiger partial charge is 0.252 e. The van der Waals surface area contributed by atoms with Gasteiger partial charge in [-0.05, 0) is 24.3 Å². The monoisotopic (exact) mass is 374 g/mol. The van der Waals surface area contributed by atoms with Gasteiger partial charge >= 0.3 is 0 Å². The van der Waals surface area contributed by atoms with Crippen LogP contribution >= 0.6 is 22.9 Å². The molecule has 0 N–H and O–H groups in total. The minimum absolute atomic E-state index is 0.101. The van der Waals surface area contributed by atoms with E-state index in [9.17, 15) is 13.2 Å². The van der Waals surface area contributed by atoms with Gasteiger partial charge in [-0.15, -0.1) is 11.3 Å². The van der Waals surface area contributed by atoms with Crippen molar-refractivity contribution in [1.82, 2.24) is 9.21 Å². The third-order valence-corrected chi connectivity index (χ3v) is 7.23. The number of hydrogen-bond acceptors (Lipinski definition) is 6. The lowest BCUT2D eigenvalue weighted by Crippen LogP contribution is -2.49. The van der Waals surface area contributed by atoms with Crippen LogP contribution in [0.2, 0.25) is 4.34 Å². The Morgan fingerprint density at radius 2 is 1.96 bits per heavy atom. The molecule has 0 atom stereocenters. The van der Waals surface area contributed by atoms with Crippen LogP contribution in [0.1, 0.15) is 10.6 Å². The van der Waals surface area contributed by atoms with Crippen LogP contribution in [0.5, 0.6) is 0 Å². The first-order valence-electron chi connectivity index (χ1n) is 7.01. The molecule has 2 aromatic rings. The molecule has 9 heteroatoms. The van der Waals surface area contributed by atoms with Crippen LogP contribution in [-0.4, -0.2) is 56.1 Å². The summed E-state index contributed by atoms with van der Waals surface area (Å²) in [4.78, 5) is 13.9. The molecule has 1 saturated heterocycles. The van der Waals surface area contributed by atoms with Gasteiger partial charge in [0.05, 0.1) is 17.1 Å². The third kappa shape index (κ3) is 3.67. The number of thiophene rings is 1. The van der Waals surface area contributed by atoms with E-state index in [1.807, 2.05) is 4.90 Å². The van der Waals surface area contributed by atoms with Crippen molar-refractivity contribution in [3.05, 3.63) is 40.6 Å². The summed E-state index contributed by atoms with van der Waals surface area (Å²) >= 11 is 6.87. The second kappa shape index (κ2) is 6.74. The number of hydrogen-bond donors (Lipinski definition) is 0. The van der Waals surface area contributed by atoms with Gasteiger partial charge in [0, 0.05) is 26.2 Å². The van der Waals surface area contributed by atoms with E-state index in [4.69, 9.17) is 16.0 Å². The van der Waals surface area contributed by atoms with E-state index >= 15 is 0 Å². The Morgan fingerprint density at radius 1 is 1.22 bits per heavy atom. The Morgan fingerprint density at radius 3 is 2.52 bits per heavy atom. The number of Topliss-reactive ketones (excluding diaryl/α,β-unsaturated/α-hetero) is 1. The van der Waals surface area contributed by atoms with Crippen molar-refractivity contribution < 1.29 is 17.6 Å². The number of rotatable bonds is 5. The van der Waals surface area contributed by atoms with Gasteiger partial charge in [-0.1, -0.05) is 11.6 Å². The fraction of sp³-hybridized carbons (Fsp3) is 0.357. The molecule has 0 saturated carbocycles. The zero-order valence-corrected chi connectivity index (χ0v) is 14.5. The molecule has 2 aromatic heterocycles. The van der Waals surface area contributed by atoms with Crippen molar-refractivity contribution in [3.8, 4) is 0 Å². The molecule has 0 unspecified atom stereocenters. The van der Waals surface area contributed by atoms with Crippen LogP contribution in [0.4, 0.5) is 0 Å². The Hall–Kier alpha value is -1.19. The summed E-state index contributed by atoms with van der Waals surface area (Å²) in [6.07, 6.45) is 1.46. The zero-order valence-electron chi connectivity index (χ0n) is 12.1. The number of piperazine rings is 1. The molecule has 0 radical (unpaired) electrons. The lowest BCUT2D eigenvalue weighted by molar-refractivity contribution is 0.0874. The quantitative estimate of drug-likeness (QED) is 0.750. The molecular formula is C14H15ClN2O4S2. The van der Waals surface area contributed by atoms with Crippen molar-refractivity contribution >= 4 is 38.7 Å². The van der Waals surface area contributed by atoms with Crippen molar-refractivity contribution in [2.45, 2.75) is 4.21 Å². The van der Waals surface area contributed by atoms with Crippen molar-refractivity contribution in [3.63, 3.8) is 0 Å². The SMILES string of the molecule is O=C(CN1CCN(S(=O)(=O)c2ccc(Cl)s2)CC1)c1ccco1. The van der Waals surface area contributed by atoms with Gasteiger partial charge in [0.2, 0.25) is 5.78 Å². The van der Waals surface area contributed by atoms with E-state index in [0.29, 0.717) is 36.3 Å². The fourth-order valence-electron chi connectivity index (χ4n) is 2.41. The van der Waals surface area contributed by atoms with Crippen LogP contribution in [0.15, 0.2) is 39.2 Å². The second-order valence-corrected chi connectivity index (χ2v) is 9.02. The highest BCUT2D eigenvalue weighted by Gasteiger charge is 2.30. The normalized spacial score (nSPS) is 17.4. The van der Waals surface area contributed by atoms with E-state index in [2.05, 4.69) is 0 Å². The average Bonchev–Trinajstić information content (AvgIpc) is 3.19. The average molecular weight is 375 g/mol. The number of carbonyl (C=O) groups is 1. The van der Waals surface area contributed by atoms with E-state index in [1.54, 1.807) is 18.2 Å². The lowest BCUT2D eigenvalue weighted by atomic mass is 10.2. The van der Waals surface area contributed by atoms with Crippen LogP contribution in [0.3, 0.4) is 0 Å². The van der Waals surface area contributed by atoms with Gasteiger partial charge in [-0.2, -0.15) is 4.31 Å². The molecule has 124 valence electrons. The Labute approximate surface area is 143 Å². The van der Waals surface area contributed by atoms with E-state index in [0.717, 1.165) is 11.3 Å². The molecule has 3 heterocycles. The van der Waals surface area contributed by atoms with E-state index < -0.39 is 10.0 Å². The summed E-state index contributed by atoms with van der Waals surface area (Å²) < 4.78 is 32.2. The van der Waals surface area contributed by atoms with Gasteiger partial charge in [0.15, 0.2) is 5.76 Å². The minimum Gasteiger partial charge on any atom is -0.461 e. The second-order valence-electron chi connectivity index (χ2n) is 5.14. The summed E-state index contributed by atoms with van der Waals surface area (Å²) in [5.41, 5.74) is 0. The molecule has 3 rings (SSSR count). The van der Waals surface area contributed by atoms with E-state index in [-0.39, 0.29) is 16.5 Å². The number of nitrogens with zero attached hydrogens (tertiary/aromatic N) is 2. The maximum atomic E-state index is 12.5. The van der Waals surface area contributed by atoms with Crippen molar-refractivity contribution in [2.75, 3.05) is 32.7 Å². The largest absolute Gasteiger partial charge is 0.461 e. The standard InChI is InChI=1S/C14H15ClN2O4S2/c15-13-3-4-14(22-13)23(19,20)17-7-5-16(6-8-17)10-11(18)12-2-1-9-21-12/h1-4,9H,5-8,10H2. The Balaban J connectivity index is 1.59. The van der Waals surface area contributed by atoms with Gasteiger partial charge in [0.25, 0.3) is 10.0 Å². The molecule has 0 bridgehead atoms. The van der Waals surface area contributed by atoms with Crippen molar-refractivity contribution in [2.24, 2.45) is 0 Å². The molecule has 6 nitrogen and oxygen atoms in total. The molecule has 0 aromatic carbocycles. The summed E-state index contributed by atoms with van der Waals surface area (Å²) in [5.74, 6) is 0.227. The number of sulfonamides is 1. The van der Waals surface area contributed by atoms with Gasteiger partial charge in [-0.25, -0.2) is 8.42 Å². The third-order valence-electron chi connectivity index (χ3n) is 3.64. The van der Waals surface area contributed by atoms with Crippen LogP contribution in [0.25, 0.3) is 0 Å². The van der Waals surface area contributed by atoms with Gasteiger partial charge in [-0.3, -0.25) is 9.69 Å². The van der Waals surface area contributed by atoms with E-state index in [1.165, 1.54) is 16.6 Å². The Bertz CT molecular complexity index is 778. The van der Waals surface area contributed by atoms with Crippen LogP contribution in [-0.2, 0) is 10.0 Å². The number of furan rings is 1. The highest BCUT2D eigenvalue weighted by atomic mass is 35.5. The first-order valence-corrected chi connectivity index (χ1v) is 9.65. The first kappa shape index (κ1) is 16.7. The first-order chi connectivity index (χ1) is 11.0. The highest BCUT2D eigenvalue weighted by Crippen LogP contribution is 2.28. The molecule has 1 fully saturated rings. The number of ketones is 1. The van der Waals surface area contributed by atoms with Gasteiger partial charge < -0.3 is 4.42 Å². The molecule has 0 aliphatic carbocycles. The highest BCUT2D eigenvalue weighted by molar-refractivity contribution is 7.91. The summed E-state index contributed by atoms with van der Waals surface area (Å²) in [7, 11) is -3.50. The minimum atomic E-state index is -3.50. The predicted molar refractivity (Wildman–Crippen MR) is 87.6 cm³/mol. The summed E-state index contributed by atoms with van der Waals surface area (Å²) in [6.45, 7) is 1.94. The number of carbonyl (C=O) groups excluding carboxylic acids is 1. The van der Waals surface area contributed by atoms with Crippen LogP contribution < -0.4 is 0 Å². The topological polar surface area (TPSA) is 70.8 Å². The summed E-state index contributed by atoms with van der Waals surface area (Å²) in [6, 6.07) is 6.40. The zero-order chi connectivity index (χ0) is 16.4. The summed E-state index contributed by atoms with van der Waals surface area (Å²) in [5, 5.41) is 0. The maximum absolute atomic E-state index is 12.5. The van der Waals surface area contributed by atoms with Crippen LogP contribution in [0, 0.1) is 0 Å². The molecule has 1 aliphatic heterocycles. The number of halogens is 1. The molecule has 0 amide bonds. The predicted octanol–water partition coefficient (Wildman–Crippen LogP) is 2.18. The van der Waals surface area contributed by atoms with Crippen molar-refractivity contribution in [1.29, 1.82) is 0 Å². The Kier molecular flexibility index (Phi) is 4.88.